The lowest BCUT2D eigenvalue weighted by Gasteiger charge is -2.33. The first-order valence-electron chi connectivity index (χ1n) is 10.6. The van der Waals surface area contributed by atoms with Crippen molar-refractivity contribution in [2.75, 3.05) is 26.8 Å². The number of H-pyrrole nitrogens is 1. The summed E-state index contributed by atoms with van der Waals surface area (Å²) in [7, 11) is 1.63. The maximum atomic E-state index is 14.4. The van der Waals surface area contributed by atoms with Crippen LogP contribution < -0.4 is 9.47 Å². The van der Waals surface area contributed by atoms with E-state index in [1.807, 2.05) is 25.1 Å². The zero-order chi connectivity index (χ0) is 21.8. The Kier molecular flexibility index (Phi) is 6.51. The summed E-state index contributed by atoms with van der Waals surface area (Å²) in [4.78, 5) is 2.36. The number of nitrogens with one attached hydrogen (secondary N) is 1. The van der Waals surface area contributed by atoms with Crippen molar-refractivity contribution in [3.05, 3.63) is 65.5 Å². The number of methoxy groups -OCH3 is 1. The molecule has 0 bridgehead atoms. The molecule has 3 aromatic rings. The van der Waals surface area contributed by atoms with Gasteiger partial charge >= 0.3 is 0 Å². The molecule has 1 aromatic heterocycles. The first kappa shape index (κ1) is 21.3. The van der Waals surface area contributed by atoms with Gasteiger partial charge in [0.05, 0.1) is 25.5 Å². The van der Waals surface area contributed by atoms with Crippen LogP contribution in [0.4, 0.5) is 8.78 Å². The van der Waals surface area contributed by atoms with E-state index in [1.165, 1.54) is 24.4 Å². The molecule has 1 aliphatic heterocycles. The van der Waals surface area contributed by atoms with Crippen molar-refractivity contribution in [3.63, 3.8) is 0 Å². The smallest absolute Gasteiger partial charge is 0.161 e. The van der Waals surface area contributed by atoms with Gasteiger partial charge in [-0.2, -0.15) is 5.10 Å². The number of likely N-dealkylation sites (tertiary alicyclic amines) is 1. The Morgan fingerprint density at radius 2 is 1.97 bits per heavy atom. The average Bonchev–Trinajstić information content (AvgIpc) is 3.24. The van der Waals surface area contributed by atoms with Crippen molar-refractivity contribution in [2.24, 2.45) is 0 Å². The fourth-order valence-electron chi connectivity index (χ4n) is 4.34. The van der Waals surface area contributed by atoms with Gasteiger partial charge in [-0.25, -0.2) is 8.78 Å². The fraction of sp³-hybridized carbons (Fsp3) is 0.375. The molecule has 0 unspecified atom stereocenters. The van der Waals surface area contributed by atoms with E-state index in [0.717, 1.165) is 55.2 Å². The van der Waals surface area contributed by atoms with Gasteiger partial charge in [0.25, 0.3) is 0 Å². The van der Waals surface area contributed by atoms with Crippen LogP contribution >= 0.6 is 0 Å². The highest BCUT2D eigenvalue weighted by molar-refractivity contribution is 5.67. The van der Waals surface area contributed by atoms with Crippen molar-refractivity contribution in [1.29, 1.82) is 0 Å². The summed E-state index contributed by atoms with van der Waals surface area (Å²) in [5.74, 6) is 0.432. The maximum absolute atomic E-state index is 14.4. The third-order valence-electron chi connectivity index (χ3n) is 5.75. The standard InChI is InChI=1S/C24H27F2N3O2/c1-3-31-22-12-16(9-10-21(22)30-2)14-29-11-5-6-17(15-29)24-18(13-27-28-24)23-19(25)7-4-8-20(23)26/h4,7-10,12-13,17H,3,5-6,11,14-15H2,1-2H3,(H,27,28)/t17-/m1/s1. The Hall–Kier alpha value is -2.93. The van der Waals surface area contributed by atoms with Crippen LogP contribution in [0.15, 0.2) is 42.6 Å². The van der Waals surface area contributed by atoms with E-state index >= 15 is 0 Å². The van der Waals surface area contributed by atoms with Crippen LogP contribution in [0.25, 0.3) is 11.1 Å². The highest BCUT2D eigenvalue weighted by atomic mass is 19.1. The number of hydrogen-bond donors (Lipinski definition) is 1. The minimum Gasteiger partial charge on any atom is -0.493 e. The molecule has 1 fully saturated rings. The second kappa shape index (κ2) is 9.47. The lowest BCUT2D eigenvalue weighted by Crippen LogP contribution is -2.34. The third kappa shape index (κ3) is 4.56. The number of halogens is 2. The van der Waals surface area contributed by atoms with Crippen molar-refractivity contribution >= 4 is 0 Å². The lowest BCUT2D eigenvalue weighted by atomic mass is 9.90. The molecular weight excluding hydrogens is 400 g/mol. The first-order valence-corrected chi connectivity index (χ1v) is 10.6. The van der Waals surface area contributed by atoms with Gasteiger partial charge in [-0.05, 0) is 56.1 Å². The van der Waals surface area contributed by atoms with Gasteiger partial charge in [-0.1, -0.05) is 12.1 Å². The molecule has 0 radical (unpaired) electrons. The summed E-state index contributed by atoms with van der Waals surface area (Å²) in [5, 5.41) is 7.12. The van der Waals surface area contributed by atoms with Gasteiger partial charge in [0.1, 0.15) is 11.6 Å². The molecule has 1 N–H and O–H groups in total. The number of hydrogen-bond acceptors (Lipinski definition) is 4. The van der Waals surface area contributed by atoms with E-state index in [4.69, 9.17) is 9.47 Å². The second-order valence-corrected chi connectivity index (χ2v) is 7.79. The molecule has 1 aliphatic rings. The molecule has 31 heavy (non-hydrogen) atoms. The average molecular weight is 427 g/mol. The third-order valence-corrected chi connectivity index (χ3v) is 5.75. The maximum Gasteiger partial charge on any atom is 0.161 e. The van der Waals surface area contributed by atoms with Crippen molar-refractivity contribution in [2.45, 2.75) is 32.2 Å². The first-order chi connectivity index (χ1) is 15.1. The van der Waals surface area contributed by atoms with Crippen molar-refractivity contribution < 1.29 is 18.3 Å². The molecule has 2 aromatic carbocycles. The Balaban J connectivity index is 1.53. The summed E-state index contributed by atoms with van der Waals surface area (Å²) in [6.07, 6.45) is 3.46. The van der Waals surface area contributed by atoms with Gasteiger partial charge in [0.15, 0.2) is 11.5 Å². The fourth-order valence-corrected chi connectivity index (χ4v) is 4.34. The van der Waals surface area contributed by atoms with Crippen LogP contribution in [0.1, 0.15) is 36.9 Å². The van der Waals surface area contributed by atoms with Crippen molar-refractivity contribution in [1.82, 2.24) is 15.1 Å². The predicted octanol–water partition coefficient (Wildman–Crippen LogP) is 5.14. The quantitative estimate of drug-likeness (QED) is 0.567. The van der Waals surface area contributed by atoms with E-state index < -0.39 is 11.6 Å². The van der Waals surface area contributed by atoms with E-state index in [-0.39, 0.29) is 11.5 Å². The van der Waals surface area contributed by atoms with Gasteiger partial charge in [0.2, 0.25) is 0 Å². The number of piperidine rings is 1. The molecule has 0 amide bonds. The molecular formula is C24H27F2N3O2. The van der Waals surface area contributed by atoms with Crippen LogP contribution in [-0.2, 0) is 6.54 Å². The van der Waals surface area contributed by atoms with Gasteiger partial charge in [-0.3, -0.25) is 10.00 Å². The Bertz CT molecular complexity index is 1020. The molecule has 1 atom stereocenters. The predicted molar refractivity (Wildman–Crippen MR) is 115 cm³/mol. The minimum absolute atomic E-state index is 0.0140. The molecule has 0 aliphatic carbocycles. The number of rotatable bonds is 7. The highest BCUT2D eigenvalue weighted by Crippen LogP contribution is 2.36. The summed E-state index contributed by atoms with van der Waals surface area (Å²) in [5.41, 5.74) is 2.42. The number of nitrogens with zero attached hydrogens (tertiary/aromatic N) is 2. The zero-order valence-electron chi connectivity index (χ0n) is 17.8. The molecule has 1 saturated heterocycles. The molecule has 7 heteroatoms. The van der Waals surface area contributed by atoms with Crippen LogP contribution in [0, 0.1) is 11.6 Å². The zero-order valence-corrected chi connectivity index (χ0v) is 17.8. The molecule has 4 rings (SSSR count). The topological polar surface area (TPSA) is 50.4 Å². The monoisotopic (exact) mass is 427 g/mol. The highest BCUT2D eigenvalue weighted by Gasteiger charge is 2.27. The van der Waals surface area contributed by atoms with Gasteiger partial charge in [-0.15, -0.1) is 0 Å². The van der Waals surface area contributed by atoms with Crippen LogP contribution in [0.2, 0.25) is 0 Å². The summed E-state index contributed by atoms with van der Waals surface area (Å²) in [6.45, 7) is 5.02. The number of aromatic nitrogens is 2. The Labute approximate surface area is 181 Å². The van der Waals surface area contributed by atoms with Crippen LogP contribution in [0.3, 0.4) is 0 Å². The second-order valence-electron chi connectivity index (χ2n) is 7.79. The summed E-state index contributed by atoms with van der Waals surface area (Å²) < 4.78 is 39.8. The minimum atomic E-state index is -0.572. The van der Waals surface area contributed by atoms with E-state index in [9.17, 15) is 8.78 Å². The Morgan fingerprint density at radius 1 is 1.16 bits per heavy atom. The molecule has 2 heterocycles. The van der Waals surface area contributed by atoms with Gasteiger partial charge in [0, 0.05) is 30.3 Å². The molecule has 5 nitrogen and oxygen atoms in total. The SMILES string of the molecule is CCOc1cc(CN2CCC[C@@H](c3[nH]ncc3-c3c(F)cccc3F)C2)ccc1OC. The number of aromatic amines is 1. The van der Waals surface area contributed by atoms with Gasteiger partial charge < -0.3 is 9.47 Å². The van der Waals surface area contributed by atoms with E-state index in [1.54, 1.807) is 7.11 Å². The number of ether oxygens (including phenoxy) is 2. The largest absolute Gasteiger partial charge is 0.493 e. The number of benzene rings is 2. The molecule has 0 saturated carbocycles. The van der Waals surface area contributed by atoms with Crippen molar-refractivity contribution in [3.8, 4) is 22.6 Å². The summed E-state index contributed by atoms with van der Waals surface area (Å²) >= 11 is 0. The molecule has 164 valence electrons. The summed E-state index contributed by atoms with van der Waals surface area (Å²) in [6, 6.07) is 9.92. The van der Waals surface area contributed by atoms with E-state index in [0.29, 0.717) is 12.2 Å². The lowest BCUT2D eigenvalue weighted by molar-refractivity contribution is 0.198. The van der Waals surface area contributed by atoms with E-state index in [2.05, 4.69) is 15.1 Å². The van der Waals surface area contributed by atoms with Crippen LogP contribution in [-0.4, -0.2) is 41.9 Å². The molecule has 0 spiro atoms. The normalized spacial score (nSPS) is 17.0. The van der Waals surface area contributed by atoms with Crippen LogP contribution in [0.5, 0.6) is 11.5 Å². The Morgan fingerprint density at radius 3 is 2.71 bits per heavy atom.